The third-order valence-electron chi connectivity index (χ3n) is 4.78. The van der Waals surface area contributed by atoms with Crippen LogP contribution in [0.25, 0.3) is 11.3 Å². The predicted octanol–water partition coefficient (Wildman–Crippen LogP) is 2.38. The van der Waals surface area contributed by atoms with Crippen molar-refractivity contribution in [1.29, 1.82) is 0 Å². The van der Waals surface area contributed by atoms with Crippen LogP contribution >= 0.6 is 11.8 Å². The van der Waals surface area contributed by atoms with E-state index in [0.717, 1.165) is 23.0 Å². The molecule has 2 aliphatic heterocycles. The van der Waals surface area contributed by atoms with Crippen LogP contribution in [0.15, 0.2) is 36.4 Å². The van der Waals surface area contributed by atoms with Crippen molar-refractivity contribution >= 4 is 28.8 Å². The summed E-state index contributed by atoms with van der Waals surface area (Å²) in [5.74, 6) is 0.00594. The lowest BCUT2D eigenvalue weighted by Crippen LogP contribution is -2.48. The van der Waals surface area contributed by atoms with E-state index >= 15 is 0 Å². The van der Waals surface area contributed by atoms with Gasteiger partial charge in [0.25, 0.3) is 11.1 Å². The number of hydrogen-bond donors (Lipinski definition) is 1. The van der Waals surface area contributed by atoms with Crippen LogP contribution in [0.2, 0.25) is 0 Å². The van der Waals surface area contributed by atoms with Gasteiger partial charge in [-0.15, -0.1) is 0 Å². The zero-order chi connectivity index (χ0) is 18.1. The monoisotopic (exact) mass is 370 g/mol. The van der Waals surface area contributed by atoms with Crippen LogP contribution in [-0.4, -0.2) is 61.9 Å². The summed E-state index contributed by atoms with van der Waals surface area (Å²) in [5, 5.41) is 6.88. The lowest BCUT2D eigenvalue weighted by atomic mass is 10.0. The van der Waals surface area contributed by atoms with E-state index in [-0.39, 0.29) is 28.8 Å². The summed E-state index contributed by atoms with van der Waals surface area (Å²) in [4.78, 5) is 39.5. The zero-order valence-corrected chi connectivity index (χ0v) is 14.9. The molecule has 2 fully saturated rings. The number of likely N-dealkylation sites (tertiary alicyclic amines) is 1. The van der Waals surface area contributed by atoms with E-state index in [0.29, 0.717) is 31.6 Å². The molecule has 4 rings (SSSR count). The van der Waals surface area contributed by atoms with Crippen molar-refractivity contribution in [1.82, 2.24) is 20.0 Å². The Labute approximate surface area is 154 Å². The zero-order valence-electron chi connectivity index (χ0n) is 14.1. The quantitative estimate of drug-likeness (QED) is 0.896. The Morgan fingerprint density at radius 1 is 1.15 bits per heavy atom. The molecular formula is C18H18N4O3S. The highest BCUT2D eigenvalue weighted by Gasteiger charge is 2.38. The van der Waals surface area contributed by atoms with Crippen molar-refractivity contribution in [2.24, 2.45) is 0 Å². The summed E-state index contributed by atoms with van der Waals surface area (Å²) < 4.78 is 0. The second-order valence-corrected chi connectivity index (χ2v) is 7.30. The van der Waals surface area contributed by atoms with Crippen molar-refractivity contribution in [2.75, 3.05) is 18.8 Å². The molecule has 2 aromatic rings. The summed E-state index contributed by atoms with van der Waals surface area (Å²) in [6.07, 6.45) is 1.23. The van der Waals surface area contributed by atoms with Crippen LogP contribution in [0.1, 0.15) is 23.3 Å². The molecule has 0 unspecified atom stereocenters. The average molecular weight is 370 g/mol. The number of H-pyrrole nitrogens is 1. The van der Waals surface area contributed by atoms with Crippen molar-refractivity contribution < 1.29 is 14.4 Å². The largest absolute Gasteiger partial charge is 0.337 e. The molecule has 3 amide bonds. The van der Waals surface area contributed by atoms with Crippen LogP contribution in [0.5, 0.6) is 0 Å². The van der Waals surface area contributed by atoms with E-state index in [1.54, 1.807) is 11.0 Å². The minimum absolute atomic E-state index is 0.101. The van der Waals surface area contributed by atoms with Crippen LogP contribution in [0, 0.1) is 0 Å². The van der Waals surface area contributed by atoms with Gasteiger partial charge in [0.15, 0.2) is 0 Å². The number of imide groups is 1. The summed E-state index contributed by atoms with van der Waals surface area (Å²) in [6.45, 7) is 1.04. The molecule has 1 aromatic heterocycles. The molecular weight excluding hydrogens is 352 g/mol. The maximum Gasteiger partial charge on any atom is 0.289 e. The maximum absolute atomic E-state index is 12.7. The SMILES string of the molecule is O=C(c1cc(-c2ccccc2)n[nH]1)N1CCC(N2C(=O)CSC2=O)CC1. The van der Waals surface area contributed by atoms with E-state index in [1.165, 1.54) is 4.90 Å². The molecule has 134 valence electrons. The van der Waals surface area contributed by atoms with Gasteiger partial charge < -0.3 is 4.90 Å². The Morgan fingerprint density at radius 3 is 2.54 bits per heavy atom. The first-order valence-electron chi connectivity index (χ1n) is 8.52. The van der Waals surface area contributed by atoms with Crippen molar-refractivity contribution in [3.05, 3.63) is 42.1 Å². The van der Waals surface area contributed by atoms with Crippen molar-refractivity contribution in [3.8, 4) is 11.3 Å². The summed E-state index contributed by atoms with van der Waals surface area (Å²) >= 11 is 1.06. The topological polar surface area (TPSA) is 86.4 Å². The third-order valence-corrected chi connectivity index (χ3v) is 5.61. The number of nitrogens with one attached hydrogen (secondary N) is 1. The summed E-state index contributed by atoms with van der Waals surface area (Å²) in [7, 11) is 0. The highest BCUT2D eigenvalue weighted by Crippen LogP contribution is 2.27. The van der Waals surface area contributed by atoms with Crippen LogP contribution in [0.4, 0.5) is 4.79 Å². The molecule has 0 atom stereocenters. The van der Waals surface area contributed by atoms with Crippen LogP contribution in [-0.2, 0) is 4.79 Å². The highest BCUT2D eigenvalue weighted by molar-refractivity contribution is 8.14. The van der Waals surface area contributed by atoms with E-state index < -0.39 is 0 Å². The Morgan fingerprint density at radius 2 is 1.88 bits per heavy atom. The van der Waals surface area contributed by atoms with E-state index in [9.17, 15) is 14.4 Å². The van der Waals surface area contributed by atoms with Gasteiger partial charge in [-0.05, 0) is 18.9 Å². The molecule has 2 saturated heterocycles. The molecule has 0 radical (unpaired) electrons. The molecule has 7 nitrogen and oxygen atoms in total. The second-order valence-electron chi connectivity index (χ2n) is 6.37. The van der Waals surface area contributed by atoms with Gasteiger partial charge in [-0.2, -0.15) is 5.10 Å². The first-order chi connectivity index (χ1) is 12.6. The average Bonchev–Trinajstić information content (AvgIpc) is 3.29. The molecule has 0 saturated carbocycles. The number of piperidine rings is 1. The van der Waals surface area contributed by atoms with Crippen molar-refractivity contribution in [2.45, 2.75) is 18.9 Å². The summed E-state index contributed by atoms with van der Waals surface area (Å²) in [5.41, 5.74) is 2.13. The summed E-state index contributed by atoms with van der Waals surface area (Å²) in [6, 6.07) is 11.3. The van der Waals surface area contributed by atoms with Gasteiger partial charge in [0, 0.05) is 24.7 Å². The number of hydrogen-bond acceptors (Lipinski definition) is 5. The van der Waals surface area contributed by atoms with Gasteiger partial charge in [0.05, 0.1) is 11.4 Å². The lowest BCUT2D eigenvalue weighted by molar-refractivity contribution is -0.126. The van der Waals surface area contributed by atoms with Crippen molar-refractivity contribution in [3.63, 3.8) is 0 Å². The van der Waals surface area contributed by atoms with E-state index in [4.69, 9.17) is 0 Å². The van der Waals surface area contributed by atoms with Gasteiger partial charge >= 0.3 is 0 Å². The molecule has 0 bridgehead atoms. The van der Waals surface area contributed by atoms with E-state index in [1.807, 2.05) is 30.3 Å². The molecule has 1 N–H and O–H groups in total. The van der Waals surface area contributed by atoms with E-state index in [2.05, 4.69) is 10.2 Å². The number of aromatic amines is 1. The van der Waals surface area contributed by atoms with Gasteiger partial charge in [0.2, 0.25) is 5.91 Å². The number of benzene rings is 1. The van der Waals surface area contributed by atoms with Crippen LogP contribution in [0.3, 0.4) is 0 Å². The molecule has 1 aromatic carbocycles. The number of carbonyl (C=O) groups excluding carboxylic acids is 3. The number of thioether (sulfide) groups is 1. The minimum Gasteiger partial charge on any atom is -0.337 e. The number of nitrogens with zero attached hydrogens (tertiary/aromatic N) is 3. The molecule has 0 aliphatic carbocycles. The van der Waals surface area contributed by atoms with Crippen LogP contribution < -0.4 is 0 Å². The first kappa shape index (κ1) is 16.8. The lowest BCUT2D eigenvalue weighted by Gasteiger charge is -2.35. The smallest absolute Gasteiger partial charge is 0.289 e. The molecule has 26 heavy (non-hydrogen) atoms. The fourth-order valence-corrected chi connectivity index (χ4v) is 4.18. The predicted molar refractivity (Wildman–Crippen MR) is 97.6 cm³/mol. The van der Waals surface area contributed by atoms with Gasteiger partial charge in [-0.3, -0.25) is 24.4 Å². The first-order valence-corrected chi connectivity index (χ1v) is 9.51. The fraction of sp³-hybridized carbons (Fsp3) is 0.333. The van der Waals surface area contributed by atoms with Gasteiger partial charge in [0.1, 0.15) is 5.69 Å². The Hall–Kier alpha value is -2.61. The normalized spacial score (nSPS) is 18.6. The Kier molecular flexibility index (Phi) is 4.50. The third kappa shape index (κ3) is 3.12. The van der Waals surface area contributed by atoms with Gasteiger partial charge in [-0.25, -0.2) is 0 Å². The Bertz CT molecular complexity index is 827. The Balaban J connectivity index is 1.40. The number of carbonyl (C=O) groups is 3. The van der Waals surface area contributed by atoms with Gasteiger partial charge in [-0.1, -0.05) is 42.1 Å². The molecule has 8 heteroatoms. The molecule has 2 aliphatic rings. The molecule has 3 heterocycles. The number of rotatable bonds is 3. The standard InChI is InChI=1S/C18H18N4O3S/c23-16-11-26-18(25)22(16)13-6-8-21(9-7-13)17(24)15-10-14(19-20-15)12-4-2-1-3-5-12/h1-5,10,13H,6-9,11H2,(H,19,20). The minimum atomic E-state index is -0.166. The number of aromatic nitrogens is 2. The second kappa shape index (κ2) is 6.95. The fourth-order valence-electron chi connectivity index (χ4n) is 3.40. The number of amides is 3. The highest BCUT2D eigenvalue weighted by atomic mass is 32.2. The molecule has 0 spiro atoms. The maximum atomic E-state index is 12.7.